The SMILES string of the molecule is CCCCN(CCCC)CCCNC(=O)c1c(-c2ccc(C)o2)noc1N. The number of furan rings is 1. The molecule has 27 heavy (non-hydrogen) atoms. The molecule has 0 radical (unpaired) electrons. The molecule has 150 valence electrons. The number of amides is 1. The van der Waals surface area contributed by atoms with Crippen molar-refractivity contribution in [2.45, 2.75) is 52.9 Å². The molecule has 2 heterocycles. The van der Waals surface area contributed by atoms with Gasteiger partial charge >= 0.3 is 0 Å². The highest BCUT2D eigenvalue weighted by Crippen LogP contribution is 2.28. The van der Waals surface area contributed by atoms with E-state index in [4.69, 9.17) is 14.7 Å². The molecular formula is C20H32N4O3. The normalized spacial score (nSPS) is 11.3. The molecule has 0 atom stereocenters. The van der Waals surface area contributed by atoms with Crippen molar-refractivity contribution in [2.24, 2.45) is 0 Å². The molecule has 0 aliphatic heterocycles. The van der Waals surface area contributed by atoms with Crippen molar-refractivity contribution in [3.05, 3.63) is 23.5 Å². The van der Waals surface area contributed by atoms with E-state index in [1.165, 1.54) is 25.7 Å². The minimum atomic E-state index is -0.286. The van der Waals surface area contributed by atoms with Gasteiger partial charge in [-0.05, 0) is 58.0 Å². The fraction of sp³-hybridized carbons (Fsp3) is 0.600. The molecule has 2 aromatic rings. The smallest absolute Gasteiger partial charge is 0.259 e. The topological polar surface area (TPSA) is 97.5 Å². The Morgan fingerprint density at radius 2 is 1.81 bits per heavy atom. The van der Waals surface area contributed by atoms with Crippen molar-refractivity contribution in [3.8, 4) is 11.5 Å². The minimum Gasteiger partial charge on any atom is -0.460 e. The highest BCUT2D eigenvalue weighted by atomic mass is 16.5. The molecule has 0 saturated carbocycles. The van der Waals surface area contributed by atoms with Gasteiger partial charge in [-0.1, -0.05) is 31.8 Å². The van der Waals surface area contributed by atoms with Gasteiger partial charge < -0.3 is 24.9 Å². The summed E-state index contributed by atoms with van der Waals surface area (Å²) in [6.07, 6.45) is 5.69. The molecule has 2 aromatic heterocycles. The second-order valence-corrected chi connectivity index (χ2v) is 6.84. The number of unbranched alkanes of at least 4 members (excludes halogenated alkanes) is 2. The van der Waals surface area contributed by atoms with Crippen molar-refractivity contribution in [2.75, 3.05) is 31.9 Å². The molecule has 0 fully saturated rings. The number of anilines is 1. The third kappa shape index (κ3) is 6.13. The Kier molecular flexibility index (Phi) is 8.39. The molecular weight excluding hydrogens is 344 g/mol. The maximum absolute atomic E-state index is 12.6. The van der Waals surface area contributed by atoms with Crippen molar-refractivity contribution >= 4 is 11.8 Å². The summed E-state index contributed by atoms with van der Waals surface area (Å²) in [7, 11) is 0. The number of carbonyl (C=O) groups excluding carboxylic acids is 1. The minimum absolute atomic E-state index is 0.00377. The number of nitrogen functional groups attached to an aromatic ring is 1. The summed E-state index contributed by atoms with van der Waals surface area (Å²) >= 11 is 0. The molecule has 0 bridgehead atoms. The Labute approximate surface area is 161 Å². The van der Waals surface area contributed by atoms with Crippen molar-refractivity contribution in [1.29, 1.82) is 0 Å². The van der Waals surface area contributed by atoms with Gasteiger partial charge in [0.2, 0.25) is 5.88 Å². The van der Waals surface area contributed by atoms with Crippen LogP contribution < -0.4 is 11.1 Å². The van der Waals surface area contributed by atoms with Gasteiger partial charge in [0.1, 0.15) is 11.3 Å². The maximum Gasteiger partial charge on any atom is 0.259 e. The third-order valence-corrected chi connectivity index (χ3v) is 4.51. The van der Waals surface area contributed by atoms with E-state index < -0.39 is 0 Å². The zero-order chi connectivity index (χ0) is 19.6. The summed E-state index contributed by atoms with van der Waals surface area (Å²) in [5, 5.41) is 6.80. The molecule has 2 rings (SSSR count). The summed E-state index contributed by atoms with van der Waals surface area (Å²) < 4.78 is 10.6. The van der Waals surface area contributed by atoms with Crippen LogP contribution in [-0.2, 0) is 0 Å². The fourth-order valence-corrected chi connectivity index (χ4v) is 2.94. The summed E-state index contributed by atoms with van der Waals surface area (Å²) in [4.78, 5) is 15.0. The number of aryl methyl sites for hydroxylation is 1. The number of hydrogen-bond donors (Lipinski definition) is 2. The lowest BCUT2D eigenvalue weighted by atomic mass is 10.2. The molecule has 0 aliphatic carbocycles. The van der Waals surface area contributed by atoms with Crippen LogP contribution in [0, 0.1) is 6.92 Å². The van der Waals surface area contributed by atoms with Crippen LogP contribution in [0.25, 0.3) is 11.5 Å². The lowest BCUT2D eigenvalue weighted by Crippen LogP contribution is -2.31. The molecule has 0 aliphatic rings. The molecule has 1 amide bonds. The van der Waals surface area contributed by atoms with Crippen molar-refractivity contribution in [1.82, 2.24) is 15.4 Å². The number of hydrogen-bond acceptors (Lipinski definition) is 6. The van der Waals surface area contributed by atoms with Gasteiger partial charge in [0, 0.05) is 6.54 Å². The van der Waals surface area contributed by atoms with Crippen LogP contribution in [0.3, 0.4) is 0 Å². The molecule has 3 N–H and O–H groups in total. The molecule has 0 aromatic carbocycles. The number of aromatic nitrogens is 1. The molecule has 0 saturated heterocycles. The zero-order valence-corrected chi connectivity index (χ0v) is 16.7. The summed E-state index contributed by atoms with van der Waals surface area (Å²) in [6.45, 7) is 10.0. The zero-order valence-electron chi connectivity index (χ0n) is 16.7. The predicted molar refractivity (Wildman–Crippen MR) is 107 cm³/mol. The first-order valence-electron chi connectivity index (χ1n) is 9.89. The first-order valence-corrected chi connectivity index (χ1v) is 9.89. The molecule has 0 unspecified atom stereocenters. The maximum atomic E-state index is 12.6. The van der Waals surface area contributed by atoms with E-state index in [0.29, 0.717) is 18.0 Å². The largest absolute Gasteiger partial charge is 0.460 e. The summed E-state index contributed by atoms with van der Waals surface area (Å²) in [6, 6.07) is 3.56. The van der Waals surface area contributed by atoms with E-state index in [1.807, 2.05) is 13.0 Å². The second-order valence-electron chi connectivity index (χ2n) is 6.84. The standard InChI is InChI=1S/C20H32N4O3/c1-4-6-12-24(13-7-5-2)14-8-11-22-20(25)17-18(23-27-19(17)21)16-10-9-15(3)26-16/h9-10H,4-8,11-14,21H2,1-3H3,(H,22,25). The first kappa shape index (κ1) is 21.0. The van der Waals surface area contributed by atoms with Gasteiger partial charge in [0.05, 0.1) is 0 Å². The number of carbonyl (C=O) groups is 1. The Morgan fingerprint density at radius 1 is 1.15 bits per heavy atom. The van der Waals surface area contributed by atoms with E-state index in [9.17, 15) is 4.79 Å². The van der Waals surface area contributed by atoms with Crippen molar-refractivity contribution < 1.29 is 13.7 Å². The van der Waals surface area contributed by atoms with Crippen LogP contribution in [-0.4, -0.2) is 42.1 Å². The van der Waals surface area contributed by atoms with Gasteiger partial charge in [-0.15, -0.1) is 0 Å². The fourth-order valence-electron chi connectivity index (χ4n) is 2.94. The van der Waals surface area contributed by atoms with Crippen LogP contribution in [0.5, 0.6) is 0 Å². The monoisotopic (exact) mass is 376 g/mol. The lowest BCUT2D eigenvalue weighted by molar-refractivity contribution is 0.0952. The molecule has 7 nitrogen and oxygen atoms in total. The van der Waals surface area contributed by atoms with Crippen LogP contribution >= 0.6 is 0 Å². The van der Waals surface area contributed by atoms with Crippen LogP contribution in [0.2, 0.25) is 0 Å². The van der Waals surface area contributed by atoms with Crippen LogP contribution in [0.1, 0.15) is 62.1 Å². The third-order valence-electron chi connectivity index (χ3n) is 4.51. The van der Waals surface area contributed by atoms with Gasteiger partial charge in [0.25, 0.3) is 5.91 Å². The van der Waals surface area contributed by atoms with E-state index in [2.05, 4.69) is 29.2 Å². The number of nitrogens with two attached hydrogens (primary N) is 1. The van der Waals surface area contributed by atoms with Gasteiger partial charge in [-0.25, -0.2) is 0 Å². The van der Waals surface area contributed by atoms with Gasteiger partial charge in [0.15, 0.2) is 11.5 Å². The Hall–Kier alpha value is -2.28. The average Bonchev–Trinajstić information content (AvgIpc) is 3.25. The average molecular weight is 377 g/mol. The molecule has 7 heteroatoms. The van der Waals surface area contributed by atoms with Crippen LogP contribution in [0.15, 0.2) is 21.1 Å². The van der Waals surface area contributed by atoms with E-state index >= 15 is 0 Å². The Morgan fingerprint density at radius 3 is 2.41 bits per heavy atom. The second kappa shape index (κ2) is 10.8. The highest BCUT2D eigenvalue weighted by Gasteiger charge is 2.24. The Bertz CT molecular complexity index is 700. The van der Waals surface area contributed by atoms with Crippen LogP contribution in [0.4, 0.5) is 5.88 Å². The lowest BCUT2D eigenvalue weighted by Gasteiger charge is -2.21. The number of nitrogens with one attached hydrogen (secondary N) is 1. The van der Waals surface area contributed by atoms with Gasteiger partial charge in [-0.2, -0.15) is 0 Å². The van der Waals surface area contributed by atoms with Crippen molar-refractivity contribution in [3.63, 3.8) is 0 Å². The first-order chi connectivity index (χ1) is 13.1. The molecule has 0 spiro atoms. The number of nitrogens with zero attached hydrogens (tertiary/aromatic N) is 2. The predicted octanol–water partition coefficient (Wildman–Crippen LogP) is 3.85. The summed E-state index contributed by atoms with van der Waals surface area (Å²) in [5.41, 5.74) is 6.38. The summed E-state index contributed by atoms with van der Waals surface area (Å²) in [5.74, 6) is 0.927. The highest BCUT2D eigenvalue weighted by molar-refractivity contribution is 6.03. The Balaban J connectivity index is 1.88. The van der Waals surface area contributed by atoms with E-state index in [1.54, 1.807) is 6.07 Å². The van der Waals surface area contributed by atoms with Gasteiger partial charge in [-0.3, -0.25) is 4.79 Å². The number of rotatable bonds is 12. The van der Waals surface area contributed by atoms with E-state index in [-0.39, 0.29) is 17.4 Å². The van der Waals surface area contributed by atoms with E-state index in [0.717, 1.165) is 31.8 Å². The quantitative estimate of drug-likeness (QED) is 0.546.